The van der Waals surface area contributed by atoms with E-state index >= 15 is 0 Å². The van der Waals surface area contributed by atoms with E-state index in [4.69, 9.17) is 4.74 Å². The van der Waals surface area contributed by atoms with Gasteiger partial charge >= 0.3 is 5.97 Å². The number of anilines is 1. The molecule has 0 aliphatic carbocycles. The lowest BCUT2D eigenvalue weighted by Gasteiger charge is -2.13. The molecular weight excluding hydrogens is 322 g/mol. The number of esters is 1. The van der Waals surface area contributed by atoms with E-state index in [1.165, 1.54) is 17.3 Å². The molecule has 1 N–H and O–H groups in total. The predicted molar refractivity (Wildman–Crippen MR) is 97.3 cm³/mol. The molecule has 0 unspecified atom stereocenters. The van der Waals surface area contributed by atoms with Crippen molar-refractivity contribution in [3.63, 3.8) is 0 Å². The molecule has 2 aromatic rings. The van der Waals surface area contributed by atoms with Crippen molar-refractivity contribution in [2.24, 2.45) is 0 Å². The summed E-state index contributed by atoms with van der Waals surface area (Å²) in [4.78, 5) is 25.0. The summed E-state index contributed by atoms with van der Waals surface area (Å²) in [5.74, 6) is -0.575. The zero-order valence-corrected chi connectivity index (χ0v) is 14.9. The van der Waals surface area contributed by atoms with Crippen LogP contribution in [0.1, 0.15) is 18.1 Å². The number of amides is 1. The van der Waals surface area contributed by atoms with Crippen molar-refractivity contribution < 1.29 is 14.3 Å². The van der Waals surface area contributed by atoms with Gasteiger partial charge in [0.2, 0.25) is 0 Å². The lowest BCUT2D eigenvalue weighted by Crippen LogP contribution is -2.30. The number of hydrogen-bond donors (Lipinski definition) is 1. The molecule has 1 amide bonds. The zero-order chi connectivity index (χ0) is 17.5. The fraction of sp³-hybridized carbons (Fsp3) is 0.263. The van der Waals surface area contributed by atoms with Gasteiger partial charge in [0.1, 0.15) is 0 Å². The quantitative estimate of drug-likeness (QED) is 0.637. The number of rotatable bonds is 6. The van der Waals surface area contributed by atoms with Crippen LogP contribution < -0.4 is 5.32 Å². The van der Waals surface area contributed by atoms with Gasteiger partial charge in [0.15, 0.2) is 6.10 Å². The third kappa shape index (κ3) is 5.42. The van der Waals surface area contributed by atoms with Crippen LogP contribution in [-0.4, -0.2) is 23.7 Å². The van der Waals surface area contributed by atoms with Crippen LogP contribution in [0.25, 0.3) is 0 Å². The van der Waals surface area contributed by atoms with E-state index in [9.17, 15) is 9.59 Å². The summed E-state index contributed by atoms with van der Waals surface area (Å²) in [5.41, 5.74) is 2.99. The highest BCUT2D eigenvalue weighted by Gasteiger charge is 2.18. The second-order valence-corrected chi connectivity index (χ2v) is 6.56. The number of nitrogens with one attached hydrogen (secondary N) is 1. The van der Waals surface area contributed by atoms with Crippen molar-refractivity contribution in [1.82, 2.24) is 0 Å². The highest BCUT2D eigenvalue weighted by atomic mass is 32.2. The second kappa shape index (κ2) is 8.55. The normalized spacial score (nSPS) is 11.6. The summed E-state index contributed by atoms with van der Waals surface area (Å²) in [6.07, 6.45) is -0.836. The maximum atomic E-state index is 12.0. The molecule has 0 heterocycles. The number of hydrogen-bond acceptors (Lipinski definition) is 4. The van der Waals surface area contributed by atoms with E-state index in [1.54, 1.807) is 19.1 Å². The van der Waals surface area contributed by atoms with Gasteiger partial charge in [-0.1, -0.05) is 35.9 Å². The van der Waals surface area contributed by atoms with Crippen LogP contribution >= 0.6 is 11.8 Å². The van der Waals surface area contributed by atoms with Crippen molar-refractivity contribution in [1.29, 1.82) is 0 Å². The maximum absolute atomic E-state index is 12.0. The molecule has 4 nitrogen and oxygen atoms in total. The maximum Gasteiger partial charge on any atom is 0.317 e. The van der Waals surface area contributed by atoms with E-state index in [0.717, 1.165) is 10.5 Å². The monoisotopic (exact) mass is 343 g/mol. The average Bonchev–Trinajstić information content (AvgIpc) is 2.55. The largest absolute Gasteiger partial charge is 0.452 e. The fourth-order valence-electron chi connectivity index (χ4n) is 2.15. The lowest BCUT2D eigenvalue weighted by atomic mass is 10.2. The van der Waals surface area contributed by atoms with Gasteiger partial charge in [-0.05, 0) is 44.5 Å². The first-order chi connectivity index (χ1) is 11.5. The van der Waals surface area contributed by atoms with Gasteiger partial charge in [0.05, 0.1) is 5.75 Å². The topological polar surface area (TPSA) is 55.4 Å². The molecule has 24 heavy (non-hydrogen) atoms. The van der Waals surface area contributed by atoms with Crippen LogP contribution in [0.5, 0.6) is 0 Å². The molecule has 126 valence electrons. The second-order valence-electron chi connectivity index (χ2n) is 5.54. The van der Waals surface area contributed by atoms with Crippen LogP contribution in [-0.2, 0) is 14.3 Å². The molecule has 0 saturated carbocycles. The molecule has 0 aliphatic heterocycles. The standard InChI is InChI=1S/C19H21NO3S/c1-13-9-10-17(14(2)11-13)24-12-18(21)23-15(3)19(22)20-16-7-5-4-6-8-16/h4-11,15H,12H2,1-3H3,(H,20,22)/t15-/m0/s1. The number of para-hydroxylation sites is 1. The van der Waals surface area contributed by atoms with Gasteiger partial charge in [-0.25, -0.2) is 0 Å². The predicted octanol–water partition coefficient (Wildman–Crippen LogP) is 3.97. The molecule has 1 atom stereocenters. The number of aryl methyl sites for hydroxylation is 2. The SMILES string of the molecule is Cc1ccc(SCC(=O)O[C@@H](C)C(=O)Nc2ccccc2)c(C)c1. The van der Waals surface area contributed by atoms with Gasteiger partial charge in [-0.3, -0.25) is 9.59 Å². The minimum atomic E-state index is -0.836. The Balaban J connectivity index is 1.81. The Kier molecular flexibility index (Phi) is 6.44. The lowest BCUT2D eigenvalue weighted by molar-refractivity contribution is -0.150. The van der Waals surface area contributed by atoms with Gasteiger partial charge < -0.3 is 10.1 Å². The molecule has 2 rings (SSSR count). The van der Waals surface area contributed by atoms with Crippen LogP contribution in [0.2, 0.25) is 0 Å². The number of thioether (sulfide) groups is 1. The van der Waals surface area contributed by atoms with E-state index in [-0.39, 0.29) is 11.7 Å². The molecule has 0 spiro atoms. The first-order valence-corrected chi connectivity index (χ1v) is 8.69. The summed E-state index contributed by atoms with van der Waals surface area (Å²) < 4.78 is 5.20. The van der Waals surface area contributed by atoms with Crippen molar-refractivity contribution in [3.05, 3.63) is 59.7 Å². The number of carbonyl (C=O) groups is 2. The smallest absolute Gasteiger partial charge is 0.317 e. The van der Waals surface area contributed by atoms with Crippen molar-refractivity contribution in [2.45, 2.75) is 31.8 Å². The molecular formula is C19H21NO3S. The molecule has 5 heteroatoms. The summed E-state index contributed by atoms with van der Waals surface area (Å²) in [6.45, 7) is 5.61. The number of carbonyl (C=O) groups excluding carboxylic acids is 2. The Hall–Kier alpha value is -2.27. The van der Waals surface area contributed by atoms with Gasteiger partial charge in [0, 0.05) is 10.6 Å². The van der Waals surface area contributed by atoms with Crippen molar-refractivity contribution in [2.75, 3.05) is 11.1 Å². The summed E-state index contributed by atoms with van der Waals surface area (Å²) in [7, 11) is 0. The molecule has 0 fully saturated rings. The van der Waals surface area contributed by atoms with Crippen LogP contribution in [0, 0.1) is 13.8 Å². The molecule has 0 bridgehead atoms. The van der Waals surface area contributed by atoms with E-state index in [0.29, 0.717) is 5.69 Å². The van der Waals surface area contributed by atoms with Crippen molar-refractivity contribution in [3.8, 4) is 0 Å². The molecule has 2 aromatic carbocycles. The summed E-state index contributed by atoms with van der Waals surface area (Å²) in [6, 6.07) is 15.2. The minimum Gasteiger partial charge on any atom is -0.452 e. The average molecular weight is 343 g/mol. The Morgan fingerprint density at radius 1 is 1.12 bits per heavy atom. The number of ether oxygens (including phenoxy) is 1. The fourth-order valence-corrected chi connectivity index (χ4v) is 2.94. The highest BCUT2D eigenvalue weighted by molar-refractivity contribution is 8.00. The molecule has 0 saturated heterocycles. The van der Waals surface area contributed by atoms with E-state index in [1.807, 2.05) is 44.2 Å². The number of benzene rings is 2. The first kappa shape index (κ1) is 18.1. The third-order valence-corrected chi connectivity index (χ3v) is 4.54. The van der Waals surface area contributed by atoms with Gasteiger partial charge in [0.25, 0.3) is 5.91 Å². The van der Waals surface area contributed by atoms with E-state index in [2.05, 4.69) is 11.4 Å². The third-order valence-electron chi connectivity index (χ3n) is 3.39. The minimum absolute atomic E-state index is 0.173. The Bertz CT molecular complexity index is 716. The molecule has 0 aromatic heterocycles. The first-order valence-electron chi connectivity index (χ1n) is 7.71. The Morgan fingerprint density at radius 2 is 1.83 bits per heavy atom. The molecule has 0 radical (unpaired) electrons. The van der Waals surface area contributed by atoms with Crippen LogP contribution in [0.15, 0.2) is 53.4 Å². The van der Waals surface area contributed by atoms with Crippen LogP contribution in [0.3, 0.4) is 0 Å². The van der Waals surface area contributed by atoms with E-state index < -0.39 is 12.1 Å². The Labute approximate surface area is 146 Å². The summed E-state index contributed by atoms with van der Waals surface area (Å²) in [5, 5.41) is 2.71. The van der Waals surface area contributed by atoms with Gasteiger partial charge in [-0.2, -0.15) is 0 Å². The van der Waals surface area contributed by atoms with Crippen molar-refractivity contribution >= 4 is 29.3 Å². The zero-order valence-electron chi connectivity index (χ0n) is 14.0. The summed E-state index contributed by atoms with van der Waals surface area (Å²) >= 11 is 1.42. The highest BCUT2D eigenvalue weighted by Crippen LogP contribution is 2.23. The van der Waals surface area contributed by atoms with Crippen LogP contribution in [0.4, 0.5) is 5.69 Å². The Morgan fingerprint density at radius 3 is 2.50 bits per heavy atom. The van der Waals surface area contributed by atoms with Gasteiger partial charge in [-0.15, -0.1) is 11.8 Å². The molecule has 0 aliphatic rings.